The van der Waals surface area contributed by atoms with E-state index in [-0.39, 0.29) is 0 Å². The molecule has 0 amide bonds. The summed E-state index contributed by atoms with van der Waals surface area (Å²) in [5.41, 5.74) is 1.19. The molecule has 0 aliphatic carbocycles. The number of hydrogen-bond acceptors (Lipinski definition) is 5. The third-order valence-corrected chi connectivity index (χ3v) is 4.19. The van der Waals surface area contributed by atoms with Crippen molar-refractivity contribution < 1.29 is 0 Å². The maximum Gasteiger partial charge on any atom is 0.205 e. The molecular weight excluding hydrogens is 280 g/mol. The molecule has 1 aliphatic heterocycles. The Morgan fingerprint density at radius 3 is 2.68 bits per heavy atom. The van der Waals surface area contributed by atoms with Crippen LogP contribution >= 0.6 is 23.1 Å². The Kier molecular flexibility index (Phi) is 3.96. The number of nitrogens with one attached hydrogen (secondary N) is 1. The summed E-state index contributed by atoms with van der Waals surface area (Å²) in [5, 5.41) is 5.13. The van der Waals surface area contributed by atoms with E-state index < -0.39 is 0 Å². The molecule has 0 saturated carbocycles. The molecule has 0 atom stereocenters. The fourth-order valence-corrected chi connectivity index (χ4v) is 2.95. The minimum atomic E-state index is 0.761. The predicted octanol–water partition coefficient (Wildman–Crippen LogP) is 2.19. The molecule has 1 saturated heterocycles. The third kappa shape index (κ3) is 3.23. The minimum absolute atomic E-state index is 0.761. The molecule has 19 heavy (non-hydrogen) atoms. The Labute approximate surface area is 121 Å². The molecule has 0 bridgehead atoms. The van der Waals surface area contributed by atoms with Gasteiger partial charge in [0.2, 0.25) is 5.13 Å². The first kappa shape index (κ1) is 12.8. The number of benzene rings is 1. The molecular formula is C13H15ClN4S. The standard InChI is InChI=1S/C13H15ClN4S/c14-11-3-1-10(2-4-11)9-12-16-13(19-17-12)18-7-5-15-6-8-18/h1-4,15H,5-9H2. The number of aromatic nitrogens is 2. The monoisotopic (exact) mass is 294 g/mol. The van der Waals surface area contributed by atoms with Crippen molar-refractivity contribution in [2.45, 2.75) is 6.42 Å². The average molecular weight is 295 g/mol. The highest BCUT2D eigenvalue weighted by Gasteiger charge is 2.15. The molecule has 4 nitrogen and oxygen atoms in total. The largest absolute Gasteiger partial charge is 0.344 e. The normalized spacial score (nSPS) is 15.7. The second-order valence-corrected chi connectivity index (χ2v) is 5.70. The third-order valence-electron chi connectivity index (χ3n) is 3.12. The van der Waals surface area contributed by atoms with Gasteiger partial charge in [0, 0.05) is 49.2 Å². The summed E-state index contributed by atoms with van der Waals surface area (Å²) in [7, 11) is 0. The van der Waals surface area contributed by atoms with Crippen LogP contribution < -0.4 is 10.2 Å². The number of halogens is 1. The van der Waals surface area contributed by atoms with Crippen molar-refractivity contribution in [1.29, 1.82) is 0 Å². The van der Waals surface area contributed by atoms with Crippen molar-refractivity contribution >= 4 is 28.3 Å². The van der Waals surface area contributed by atoms with Crippen molar-refractivity contribution in [1.82, 2.24) is 14.7 Å². The number of hydrogen-bond donors (Lipinski definition) is 1. The van der Waals surface area contributed by atoms with Crippen molar-refractivity contribution in [2.24, 2.45) is 0 Å². The molecule has 1 aromatic carbocycles. The SMILES string of the molecule is Clc1ccc(Cc2nsc(N3CCNCC3)n2)cc1. The maximum absolute atomic E-state index is 5.88. The fourth-order valence-electron chi connectivity index (χ4n) is 2.09. The number of anilines is 1. The van der Waals surface area contributed by atoms with Crippen LogP contribution in [0.3, 0.4) is 0 Å². The van der Waals surface area contributed by atoms with Gasteiger partial charge in [-0.25, -0.2) is 4.98 Å². The lowest BCUT2D eigenvalue weighted by atomic mass is 10.1. The molecule has 0 radical (unpaired) electrons. The van der Waals surface area contributed by atoms with E-state index in [0.29, 0.717) is 0 Å². The van der Waals surface area contributed by atoms with E-state index in [1.54, 1.807) is 0 Å². The van der Waals surface area contributed by atoms with Gasteiger partial charge in [0.25, 0.3) is 0 Å². The smallest absolute Gasteiger partial charge is 0.205 e. The van der Waals surface area contributed by atoms with E-state index in [1.165, 1.54) is 17.1 Å². The van der Waals surface area contributed by atoms with Crippen LogP contribution in [0.4, 0.5) is 5.13 Å². The van der Waals surface area contributed by atoms with Crippen LogP contribution in [0.25, 0.3) is 0 Å². The van der Waals surface area contributed by atoms with Crippen LogP contribution in [0.15, 0.2) is 24.3 Å². The van der Waals surface area contributed by atoms with Crippen LogP contribution in [-0.4, -0.2) is 35.5 Å². The molecule has 1 aliphatic rings. The second kappa shape index (κ2) is 5.86. The first-order valence-electron chi connectivity index (χ1n) is 6.34. The number of nitrogens with zero attached hydrogens (tertiary/aromatic N) is 3. The molecule has 6 heteroatoms. The molecule has 100 valence electrons. The summed E-state index contributed by atoms with van der Waals surface area (Å²) in [6, 6.07) is 7.85. The van der Waals surface area contributed by atoms with Crippen LogP contribution in [0.2, 0.25) is 5.02 Å². The van der Waals surface area contributed by atoms with Gasteiger partial charge >= 0.3 is 0 Å². The van der Waals surface area contributed by atoms with Crippen molar-refractivity contribution in [3.8, 4) is 0 Å². The van der Waals surface area contributed by atoms with Gasteiger partial charge in [0.15, 0.2) is 0 Å². The molecule has 3 rings (SSSR count). The molecule has 1 aromatic heterocycles. The Hall–Kier alpha value is -1.17. The number of rotatable bonds is 3. The summed E-state index contributed by atoms with van der Waals surface area (Å²) in [6.07, 6.45) is 0.764. The Bertz CT molecular complexity index is 534. The predicted molar refractivity (Wildman–Crippen MR) is 79.2 cm³/mol. The van der Waals surface area contributed by atoms with E-state index in [1.807, 2.05) is 24.3 Å². The van der Waals surface area contributed by atoms with Crippen LogP contribution in [-0.2, 0) is 6.42 Å². The quantitative estimate of drug-likeness (QED) is 0.942. The van der Waals surface area contributed by atoms with E-state index >= 15 is 0 Å². The first-order valence-corrected chi connectivity index (χ1v) is 7.49. The topological polar surface area (TPSA) is 41.1 Å². The zero-order chi connectivity index (χ0) is 13.1. The van der Waals surface area contributed by atoms with Gasteiger partial charge in [0.1, 0.15) is 5.82 Å². The summed E-state index contributed by atoms with van der Waals surface area (Å²) >= 11 is 7.37. The van der Waals surface area contributed by atoms with Gasteiger partial charge in [-0.2, -0.15) is 4.37 Å². The van der Waals surface area contributed by atoms with Crippen molar-refractivity contribution in [3.63, 3.8) is 0 Å². The molecule has 0 spiro atoms. The van der Waals surface area contributed by atoms with E-state index in [4.69, 9.17) is 11.6 Å². The highest BCUT2D eigenvalue weighted by Crippen LogP contribution is 2.19. The Balaban J connectivity index is 1.68. The number of piperazine rings is 1. The summed E-state index contributed by atoms with van der Waals surface area (Å²) in [6.45, 7) is 4.06. The molecule has 2 heterocycles. The van der Waals surface area contributed by atoms with Crippen LogP contribution in [0, 0.1) is 0 Å². The first-order chi connectivity index (χ1) is 9.31. The van der Waals surface area contributed by atoms with E-state index in [9.17, 15) is 0 Å². The lowest BCUT2D eigenvalue weighted by Gasteiger charge is -2.26. The van der Waals surface area contributed by atoms with Gasteiger partial charge in [-0.15, -0.1) is 0 Å². The lowest BCUT2D eigenvalue weighted by molar-refractivity contribution is 0.588. The van der Waals surface area contributed by atoms with Gasteiger partial charge in [0.05, 0.1) is 0 Å². The summed E-state index contributed by atoms with van der Waals surface area (Å²) in [4.78, 5) is 6.92. The maximum atomic E-state index is 5.88. The van der Waals surface area contributed by atoms with Crippen LogP contribution in [0.5, 0.6) is 0 Å². The highest BCUT2D eigenvalue weighted by molar-refractivity contribution is 7.09. The molecule has 0 unspecified atom stereocenters. The fraction of sp³-hybridized carbons (Fsp3) is 0.385. The molecule has 1 fully saturated rings. The Morgan fingerprint density at radius 1 is 1.21 bits per heavy atom. The van der Waals surface area contributed by atoms with Gasteiger partial charge in [-0.1, -0.05) is 23.7 Å². The molecule has 1 N–H and O–H groups in total. The van der Waals surface area contributed by atoms with Gasteiger partial charge < -0.3 is 10.2 Å². The summed E-state index contributed by atoms with van der Waals surface area (Å²) < 4.78 is 4.44. The average Bonchev–Trinajstić information content (AvgIpc) is 2.91. The minimum Gasteiger partial charge on any atom is -0.344 e. The van der Waals surface area contributed by atoms with E-state index in [2.05, 4.69) is 19.6 Å². The highest BCUT2D eigenvalue weighted by atomic mass is 35.5. The summed E-state index contributed by atoms with van der Waals surface area (Å²) in [5.74, 6) is 0.890. The molecule has 2 aromatic rings. The zero-order valence-electron chi connectivity index (χ0n) is 10.5. The lowest BCUT2D eigenvalue weighted by Crippen LogP contribution is -2.43. The van der Waals surface area contributed by atoms with Crippen LogP contribution in [0.1, 0.15) is 11.4 Å². The second-order valence-electron chi connectivity index (χ2n) is 4.53. The van der Waals surface area contributed by atoms with Crippen molar-refractivity contribution in [3.05, 3.63) is 40.7 Å². The zero-order valence-corrected chi connectivity index (χ0v) is 12.0. The van der Waals surface area contributed by atoms with Crippen molar-refractivity contribution in [2.75, 3.05) is 31.1 Å². The van der Waals surface area contributed by atoms with Gasteiger partial charge in [-0.3, -0.25) is 0 Å². The Morgan fingerprint density at radius 2 is 1.95 bits per heavy atom. The van der Waals surface area contributed by atoms with Gasteiger partial charge in [-0.05, 0) is 17.7 Å². The van der Waals surface area contributed by atoms with E-state index in [0.717, 1.165) is 48.6 Å².